The van der Waals surface area contributed by atoms with Crippen LogP contribution in [0.5, 0.6) is 0 Å². The van der Waals surface area contributed by atoms with Crippen molar-refractivity contribution in [2.24, 2.45) is 0 Å². The molecule has 1 N–H and O–H groups in total. The largest absolute Gasteiger partial charge is 0.313 e. The fourth-order valence-corrected chi connectivity index (χ4v) is 2.47. The molecule has 2 aromatic carbocycles. The van der Waals surface area contributed by atoms with Crippen LogP contribution < -0.4 is 5.56 Å². The second-order valence-electron chi connectivity index (χ2n) is 4.06. The van der Waals surface area contributed by atoms with Crippen LogP contribution in [0.1, 0.15) is 0 Å². The highest BCUT2D eigenvalue weighted by molar-refractivity contribution is 6.37. The van der Waals surface area contributed by atoms with Gasteiger partial charge in [-0.2, -0.15) is 0 Å². The molecule has 3 nitrogen and oxygen atoms in total. The molecule has 0 aliphatic carbocycles. The lowest BCUT2D eigenvalue weighted by atomic mass is 10.0. The third-order valence-corrected chi connectivity index (χ3v) is 3.54. The van der Waals surface area contributed by atoms with E-state index in [1.165, 1.54) is 6.33 Å². The minimum absolute atomic E-state index is 0.199. The van der Waals surface area contributed by atoms with Crippen molar-refractivity contribution in [2.75, 3.05) is 0 Å². The van der Waals surface area contributed by atoms with E-state index >= 15 is 0 Å². The molecule has 0 radical (unpaired) electrons. The van der Waals surface area contributed by atoms with Crippen molar-refractivity contribution in [1.82, 2.24) is 9.97 Å². The highest BCUT2D eigenvalue weighted by atomic mass is 35.5. The van der Waals surface area contributed by atoms with Crippen molar-refractivity contribution in [2.45, 2.75) is 0 Å². The van der Waals surface area contributed by atoms with Crippen LogP contribution in [0.3, 0.4) is 0 Å². The SMILES string of the molecule is O=c1[nH]cnc2cc(Cl)c(-c3ccccc3Cl)cc12. The molecule has 0 aliphatic rings. The molecule has 94 valence electrons. The maximum atomic E-state index is 11.8. The summed E-state index contributed by atoms with van der Waals surface area (Å²) in [7, 11) is 0. The first-order chi connectivity index (χ1) is 9.16. The fourth-order valence-electron chi connectivity index (χ4n) is 1.98. The first-order valence-corrected chi connectivity index (χ1v) is 6.34. The Balaban J connectivity index is 2.37. The van der Waals surface area contributed by atoms with E-state index in [0.717, 1.165) is 11.1 Å². The third-order valence-electron chi connectivity index (χ3n) is 2.89. The highest BCUT2D eigenvalue weighted by Gasteiger charge is 2.10. The van der Waals surface area contributed by atoms with Gasteiger partial charge < -0.3 is 4.98 Å². The zero-order chi connectivity index (χ0) is 13.4. The van der Waals surface area contributed by atoms with E-state index in [9.17, 15) is 4.79 Å². The highest BCUT2D eigenvalue weighted by Crippen LogP contribution is 2.34. The van der Waals surface area contributed by atoms with Crippen molar-refractivity contribution >= 4 is 34.1 Å². The van der Waals surface area contributed by atoms with E-state index in [1.54, 1.807) is 18.2 Å². The molecule has 1 aromatic heterocycles. The van der Waals surface area contributed by atoms with Gasteiger partial charge in [-0.3, -0.25) is 4.79 Å². The molecule has 0 fully saturated rings. The summed E-state index contributed by atoms with van der Waals surface area (Å²) in [4.78, 5) is 18.4. The molecule has 0 bridgehead atoms. The molecule has 3 rings (SSSR count). The lowest BCUT2D eigenvalue weighted by Crippen LogP contribution is -2.06. The monoisotopic (exact) mass is 290 g/mol. The summed E-state index contributed by atoms with van der Waals surface area (Å²) in [6.07, 6.45) is 1.36. The normalized spacial score (nSPS) is 10.8. The average molecular weight is 291 g/mol. The van der Waals surface area contributed by atoms with Crippen LogP contribution in [0.15, 0.2) is 47.5 Å². The number of nitrogens with one attached hydrogen (secondary N) is 1. The number of hydrogen-bond donors (Lipinski definition) is 1. The van der Waals surface area contributed by atoms with Gasteiger partial charge in [0.25, 0.3) is 5.56 Å². The van der Waals surface area contributed by atoms with E-state index in [1.807, 2.05) is 18.2 Å². The molecule has 1 heterocycles. The number of fused-ring (bicyclic) bond motifs is 1. The Bertz CT molecular complexity index is 827. The summed E-state index contributed by atoms with van der Waals surface area (Å²) < 4.78 is 0. The molecular formula is C14H8Cl2N2O. The number of benzene rings is 2. The Morgan fingerprint density at radius 3 is 2.58 bits per heavy atom. The van der Waals surface area contributed by atoms with E-state index < -0.39 is 0 Å². The molecule has 0 atom stereocenters. The molecule has 3 aromatic rings. The molecular weight excluding hydrogens is 283 g/mol. The van der Waals surface area contributed by atoms with Crippen LogP contribution in [0.25, 0.3) is 22.0 Å². The van der Waals surface area contributed by atoms with Crippen molar-refractivity contribution in [1.29, 1.82) is 0 Å². The molecule has 0 amide bonds. The van der Waals surface area contributed by atoms with E-state index in [0.29, 0.717) is 20.9 Å². The maximum absolute atomic E-state index is 11.8. The van der Waals surface area contributed by atoms with Crippen LogP contribution in [-0.2, 0) is 0 Å². The molecule has 0 unspecified atom stereocenters. The van der Waals surface area contributed by atoms with Gasteiger partial charge in [0.05, 0.1) is 22.3 Å². The number of halogens is 2. The predicted octanol–water partition coefficient (Wildman–Crippen LogP) is 3.90. The van der Waals surface area contributed by atoms with Crippen molar-refractivity contribution in [3.05, 3.63) is 63.1 Å². The summed E-state index contributed by atoms with van der Waals surface area (Å²) >= 11 is 12.4. The van der Waals surface area contributed by atoms with Crippen molar-refractivity contribution in [3.63, 3.8) is 0 Å². The molecule has 0 saturated carbocycles. The zero-order valence-electron chi connectivity index (χ0n) is 9.65. The number of rotatable bonds is 1. The van der Waals surface area contributed by atoms with Gasteiger partial charge in [-0.25, -0.2) is 4.98 Å². The van der Waals surface area contributed by atoms with Gasteiger partial charge in [-0.05, 0) is 18.2 Å². The lowest BCUT2D eigenvalue weighted by Gasteiger charge is -2.08. The lowest BCUT2D eigenvalue weighted by molar-refractivity contribution is 1.17. The fraction of sp³-hybridized carbons (Fsp3) is 0. The molecule has 19 heavy (non-hydrogen) atoms. The average Bonchev–Trinajstić information content (AvgIpc) is 2.39. The third kappa shape index (κ3) is 2.11. The van der Waals surface area contributed by atoms with E-state index in [2.05, 4.69) is 9.97 Å². The van der Waals surface area contributed by atoms with Gasteiger partial charge in [0.2, 0.25) is 0 Å². The van der Waals surface area contributed by atoms with Gasteiger partial charge in [-0.1, -0.05) is 41.4 Å². The van der Waals surface area contributed by atoms with Gasteiger partial charge in [-0.15, -0.1) is 0 Å². The number of nitrogens with zero attached hydrogens (tertiary/aromatic N) is 1. The second-order valence-corrected chi connectivity index (χ2v) is 4.88. The van der Waals surface area contributed by atoms with Crippen LogP contribution in [0.2, 0.25) is 10.0 Å². The molecule has 0 spiro atoms. The van der Waals surface area contributed by atoms with Crippen molar-refractivity contribution < 1.29 is 0 Å². The second kappa shape index (κ2) is 4.68. The van der Waals surface area contributed by atoms with Crippen LogP contribution in [0, 0.1) is 0 Å². The molecule has 0 saturated heterocycles. The quantitative estimate of drug-likeness (QED) is 0.739. The first-order valence-electron chi connectivity index (χ1n) is 5.58. The summed E-state index contributed by atoms with van der Waals surface area (Å²) in [5.74, 6) is 0. The van der Waals surface area contributed by atoms with E-state index in [-0.39, 0.29) is 5.56 Å². The summed E-state index contributed by atoms with van der Waals surface area (Å²) in [5, 5.41) is 1.59. The number of hydrogen-bond acceptors (Lipinski definition) is 2. The van der Waals surface area contributed by atoms with Gasteiger partial charge in [0, 0.05) is 16.1 Å². The maximum Gasteiger partial charge on any atom is 0.258 e. The minimum Gasteiger partial charge on any atom is -0.313 e. The Morgan fingerprint density at radius 2 is 1.79 bits per heavy atom. The number of H-pyrrole nitrogens is 1. The Labute approximate surface area is 118 Å². The van der Waals surface area contributed by atoms with E-state index in [4.69, 9.17) is 23.2 Å². The summed E-state index contributed by atoms with van der Waals surface area (Å²) in [6, 6.07) is 10.7. The number of aromatic nitrogens is 2. The van der Waals surface area contributed by atoms with Crippen LogP contribution in [0.4, 0.5) is 0 Å². The van der Waals surface area contributed by atoms with Crippen LogP contribution >= 0.6 is 23.2 Å². The Morgan fingerprint density at radius 1 is 1.00 bits per heavy atom. The molecule has 0 aliphatic heterocycles. The smallest absolute Gasteiger partial charge is 0.258 e. The van der Waals surface area contributed by atoms with Gasteiger partial charge in [0.1, 0.15) is 0 Å². The standard InChI is InChI=1S/C14H8Cl2N2O/c15-11-4-2-1-3-8(11)9-5-10-13(6-12(9)16)17-7-18-14(10)19/h1-7H,(H,17,18,19). The Kier molecular flexibility index (Phi) is 3.01. The predicted molar refractivity (Wildman–Crippen MR) is 77.8 cm³/mol. The first kappa shape index (κ1) is 12.2. The minimum atomic E-state index is -0.199. The molecule has 5 heteroatoms. The number of aromatic amines is 1. The van der Waals surface area contributed by atoms with Gasteiger partial charge >= 0.3 is 0 Å². The zero-order valence-corrected chi connectivity index (χ0v) is 11.2. The van der Waals surface area contributed by atoms with Crippen molar-refractivity contribution in [3.8, 4) is 11.1 Å². The topological polar surface area (TPSA) is 45.8 Å². The van der Waals surface area contributed by atoms with Gasteiger partial charge in [0.15, 0.2) is 0 Å². The summed E-state index contributed by atoms with van der Waals surface area (Å²) in [5.41, 5.74) is 1.87. The summed E-state index contributed by atoms with van der Waals surface area (Å²) in [6.45, 7) is 0. The van der Waals surface area contributed by atoms with Crippen LogP contribution in [-0.4, -0.2) is 9.97 Å². The Hall–Kier alpha value is -1.84.